The number of carbonyl (C=O) groups excluding carboxylic acids is 5. The maximum Gasteiger partial charge on any atom is 0.328 e. The van der Waals surface area contributed by atoms with E-state index in [4.69, 9.17) is 14.2 Å². The molecule has 61 heavy (non-hydrogen) atoms. The number of unbranched alkanes of at least 4 members (excludes halogenated alkanes) is 2. The number of hydrogen-bond acceptors (Lipinski definition) is 9. The summed E-state index contributed by atoms with van der Waals surface area (Å²) >= 11 is 0. The summed E-state index contributed by atoms with van der Waals surface area (Å²) in [4.78, 5) is 75.3. The van der Waals surface area contributed by atoms with Crippen molar-refractivity contribution in [2.24, 2.45) is 35.5 Å². The third kappa shape index (κ3) is 16.1. The van der Waals surface area contributed by atoms with Gasteiger partial charge in [0, 0.05) is 46.6 Å². The Hall–Kier alpha value is -3.35. The molecule has 0 saturated carbocycles. The van der Waals surface area contributed by atoms with Crippen molar-refractivity contribution in [3.05, 3.63) is 35.9 Å². The van der Waals surface area contributed by atoms with Gasteiger partial charge in [-0.3, -0.25) is 24.1 Å². The van der Waals surface area contributed by atoms with E-state index in [1.165, 1.54) is 20.0 Å². The maximum atomic E-state index is 14.6. The fourth-order valence-corrected chi connectivity index (χ4v) is 9.36. The molecule has 0 spiro atoms. The predicted molar refractivity (Wildman–Crippen MR) is 243 cm³/mol. The zero-order valence-electron chi connectivity index (χ0n) is 40.4. The number of esters is 1. The number of ether oxygens (including phenoxy) is 3. The standard InChI is InChI=1S/C49H84N4O8/c1-15-35(8)45(52(11)48(57)38(33(4)5)30-41(54)44(34(6)7)51(10)27-21-17-18-23-32(2)3)42(59-12)31-43(55)53-28-22-26-40(53)46(60-13)36(9)47(56)50-39(49(58)61-14)29-37-24-19-16-20-25-37/h16,19-20,24-25,32-36,38-40,42,44-46H,15,17-18,21-23,26-31H2,1-14H3,(H,50,56)/t35-,36+,38-,39-,40-,42+,44-,45-,46+/m0/s1. The number of benzene rings is 1. The van der Waals surface area contributed by atoms with Gasteiger partial charge < -0.3 is 29.3 Å². The second-order valence-corrected chi connectivity index (χ2v) is 18.8. The largest absolute Gasteiger partial charge is 0.467 e. The van der Waals surface area contributed by atoms with E-state index in [0.29, 0.717) is 18.9 Å². The summed E-state index contributed by atoms with van der Waals surface area (Å²) in [5.41, 5.74) is 0.881. The minimum absolute atomic E-state index is 0.0103. The number of ketones is 1. The Morgan fingerprint density at radius 2 is 1.51 bits per heavy atom. The van der Waals surface area contributed by atoms with Crippen LogP contribution in [0.1, 0.15) is 126 Å². The van der Waals surface area contributed by atoms with E-state index in [1.807, 2.05) is 51.2 Å². The molecule has 1 aliphatic rings. The number of likely N-dealkylation sites (tertiary alicyclic amines) is 1. The van der Waals surface area contributed by atoms with Gasteiger partial charge in [-0.05, 0) is 62.1 Å². The number of nitrogens with one attached hydrogen (secondary N) is 1. The van der Waals surface area contributed by atoms with Crippen molar-refractivity contribution < 1.29 is 38.2 Å². The molecule has 348 valence electrons. The van der Waals surface area contributed by atoms with Crippen molar-refractivity contribution in [2.75, 3.05) is 48.5 Å². The fourth-order valence-electron chi connectivity index (χ4n) is 9.36. The normalized spacial score (nSPS) is 18.4. The van der Waals surface area contributed by atoms with Crippen molar-refractivity contribution in [2.45, 2.75) is 163 Å². The van der Waals surface area contributed by atoms with Crippen LogP contribution in [-0.2, 0) is 44.6 Å². The Morgan fingerprint density at radius 1 is 0.852 bits per heavy atom. The molecule has 0 radical (unpaired) electrons. The number of hydrogen-bond donors (Lipinski definition) is 1. The van der Waals surface area contributed by atoms with Gasteiger partial charge in [0.15, 0.2) is 5.78 Å². The Labute approximate surface area is 369 Å². The summed E-state index contributed by atoms with van der Waals surface area (Å²) in [5, 5.41) is 2.88. The number of nitrogens with zero attached hydrogens (tertiary/aromatic N) is 3. The smallest absolute Gasteiger partial charge is 0.328 e. The third-order valence-corrected chi connectivity index (χ3v) is 13.1. The van der Waals surface area contributed by atoms with Crippen LogP contribution in [0.15, 0.2) is 30.3 Å². The van der Waals surface area contributed by atoms with E-state index in [0.717, 1.165) is 37.8 Å². The molecule has 3 amide bonds. The maximum absolute atomic E-state index is 14.6. The Balaban J connectivity index is 2.25. The van der Waals surface area contributed by atoms with Gasteiger partial charge in [-0.2, -0.15) is 0 Å². The highest BCUT2D eigenvalue weighted by atomic mass is 16.5. The van der Waals surface area contributed by atoms with Crippen LogP contribution in [-0.4, -0.2) is 129 Å². The third-order valence-electron chi connectivity index (χ3n) is 13.1. The quantitative estimate of drug-likeness (QED) is 0.0686. The molecule has 1 aromatic carbocycles. The lowest BCUT2D eigenvalue weighted by Gasteiger charge is -2.41. The van der Waals surface area contributed by atoms with Crippen molar-refractivity contribution in [1.82, 2.24) is 20.0 Å². The van der Waals surface area contributed by atoms with Gasteiger partial charge in [-0.25, -0.2) is 4.79 Å². The first-order valence-corrected chi connectivity index (χ1v) is 23.1. The molecule has 2 rings (SSSR count). The van der Waals surface area contributed by atoms with E-state index in [-0.39, 0.29) is 72.6 Å². The van der Waals surface area contributed by atoms with Crippen LogP contribution in [0.5, 0.6) is 0 Å². The van der Waals surface area contributed by atoms with Crippen LogP contribution in [0.25, 0.3) is 0 Å². The van der Waals surface area contributed by atoms with E-state index < -0.39 is 42.1 Å². The molecule has 0 aliphatic carbocycles. The summed E-state index contributed by atoms with van der Waals surface area (Å²) in [6.45, 7) is 19.9. The zero-order chi connectivity index (χ0) is 46.0. The molecule has 0 unspecified atom stereocenters. The van der Waals surface area contributed by atoms with Gasteiger partial charge in [-0.1, -0.05) is 118 Å². The Morgan fingerprint density at radius 3 is 2.05 bits per heavy atom. The average molecular weight is 857 g/mol. The van der Waals surface area contributed by atoms with Crippen molar-refractivity contribution in [3.8, 4) is 0 Å². The van der Waals surface area contributed by atoms with Crippen LogP contribution in [0.3, 0.4) is 0 Å². The van der Waals surface area contributed by atoms with Crippen LogP contribution in [0.2, 0.25) is 0 Å². The molecule has 1 aromatic rings. The molecular weight excluding hydrogens is 773 g/mol. The SMILES string of the molecule is CC[C@H](C)[C@@H]([C@@H](CC(=O)N1CCC[C@H]1[C@H](OC)[C@@H](C)C(=O)N[C@@H](Cc1ccccc1)C(=O)OC)OC)N(C)C(=O)[C@@H](CC(=O)[C@H](C(C)C)N(C)CCCCCC(C)C)C(C)C. The summed E-state index contributed by atoms with van der Waals surface area (Å²) in [6, 6.07) is 7.44. The van der Waals surface area contributed by atoms with Gasteiger partial charge in [0.2, 0.25) is 17.7 Å². The minimum atomic E-state index is -0.888. The predicted octanol–water partition coefficient (Wildman–Crippen LogP) is 7.21. The number of carbonyl (C=O) groups is 5. The molecule has 0 aromatic heterocycles. The minimum Gasteiger partial charge on any atom is -0.467 e. The van der Waals surface area contributed by atoms with E-state index in [9.17, 15) is 24.0 Å². The summed E-state index contributed by atoms with van der Waals surface area (Å²) in [5.74, 6) is -1.59. The molecule has 1 saturated heterocycles. The van der Waals surface area contributed by atoms with Crippen molar-refractivity contribution in [3.63, 3.8) is 0 Å². The molecular formula is C49H84N4O8. The molecule has 1 fully saturated rings. The van der Waals surface area contributed by atoms with Crippen LogP contribution >= 0.6 is 0 Å². The first kappa shape index (κ1) is 53.8. The summed E-state index contributed by atoms with van der Waals surface area (Å²) in [7, 11) is 8.25. The number of amides is 3. The van der Waals surface area contributed by atoms with Crippen LogP contribution < -0.4 is 5.32 Å². The van der Waals surface area contributed by atoms with Crippen LogP contribution in [0, 0.1) is 35.5 Å². The van der Waals surface area contributed by atoms with Gasteiger partial charge in [0.25, 0.3) is 0 Å². The number of methoxy groups -OCH3 is 3. The fraction of sp³-hybridized carbons (Fsp3) is 0.776. The lowest BCUT2D eigenvalue weighted by molar-refractivity contribution is -0.150. The van der Waals surface area contributed by atoms with E-state index in [2.05, 4.69) is 51.8 Å². The van der Waals surface area contributed by atoms with Gasteiger partial charge in [0.1, 0.15) is 6.04 Å². The first-order valence-electron chi connectivity index (χ1n) is 23.1. The number of rotatable bonds is 28. The lowest BCUT2D eigenvalue weighted by atomic mass is 9.83. The lowest BCUT2D eigenvalue weighted by Crippen LogP contribution is -2.55. The summed E-state index contributed by atoms with van der Waals surface area (Å²) < 4.78 is 17.1. The Kier molecular flexibility index (Phi) is 23.8. The van der Waals surface area contributed by atoms with Crippen molar-refractivity contribution >= 4 is 29.5 Å². The van der Waals surface area contributed by atoms with Gasteiger partial charge in [-0.15, -0.1) is 0 Å². The van der Waals surface area contributed by atoms with Crippen molar-refractivity contribution in [1.29, 1.82) is 0 Å². The van der Waals surface area contributed by atoms with Crippen LogP contribution in [0.4, 0.5) is 0 Å². The summed E-state index contributed by atoms with van der Waals surface area (Å²) in [6.07, 6.45) is 5.90. The molecule has 1 aliphatic heterocycles. The second kappa shape index (κ2) is 27.0. The molecule has 1 N–H and O–H groups in total. The molecule has 1 heterocycles. The molecule has 12 heteroatoms. The topological polar surface area (TPSA) is 135 Å². The monoisotopic (exact) mass is 857 g/mol. The number of Topliss-reactive ketones (excluding diaryl/α,β-unsaturated/α-hetero) is 1. The molecule has 0 bridgehead atoms. The molecule has 12 nitrogen and oxygen atoms in total. The highest BCUT2D eigenvalue weighted by Gasteiger charge is 2.43. The second-order valence-electron chi connectivity index (χ2n) is 18.8. The number of likely N-dealkylation sites (N-methyl/N-ethyl adjacent to an activating group) is 2. The first-order chi connectivity index (χ1) is 28.8. The average Bonchev–Trinajstić information content (AvgIpc) is 3.71. The molecule has 9 atom stereocenters. The highest BCUT2D eigenvalue weighted by Crippen LogP contribution is 2.31. The van der Waals surface area contributed by atoms with Gasteiger partial charge in [0.05, 0.1) is 49.8 Å². The van der Waals surface area contributed by atoms with E-state index >= 15 is 0 Å². The van der Waals surface area contributed by atoms with E-state index in [1.54, 1.807) is 38.0 Å². The van der Waals surface area contributed by atoms with Gasteiger partial charge >= 0.3 is 5.97 Å². The zero-order valence-corrected chi connectivity index (χ0v) is 40.4. The highest BCUT2D eigenvalue weighted by molar-refractivity contribution is 5.90. The Bertz CT molecular complexity index is 1490.